The fourth-order valence-electron chi connectivity index (χ4n) is 3.73. The summed E-state index contributed by atoms with van der Waals surface area (Å²) in [6.07, 6.45) is 2.24. The molecule has 0 aliphatic carbocycles. The van der Waals surface area contributed by atoms with E-state index in [1.54, 1.807) is 7.11 Å². The summed E-state index contributed by atoms with van der Waals surface area (Å²) in [5.74, 6) is 2.94. The van der Waals surface area contributed by atoms with Gasteiger partial charge in [0, 0.05) is 17.7 Å². The highest BCUT2D eigenvalue weighted by Crippen LogP contribution is 2.40. The van der Waals surface area contributed by atoms with Crippen LogP contribution in [-0.4, -0.2) is 50.3 Å². The molecule has 0 N–H and O–H groups in total. The molecule has 1 aromatic heterocycles. The number of hydrogen-bond acceptors (Lipinski definition) is 5. The maximum absolute atomic E-state index is 5.82. The van der Waals surface area contributed by atoms with E-state index in [9.17, 15) is 0 Å². The number of pyridine rings is 1. The molecule has 1 atom stereocenters. The number of hydrogen-bond donors (Lipinski definition) is 0. The summed E-state index contributed by atoms with van der Waals surface area (Å²) >= 11 is 0. The first-order chi connectivity index (χ1) is 12.2. The van der Waals surface area contributed by atoms with Crippen molar-refractivity contribution in [3.05, 3.63) is 35.9 Å². The zero-order valence-corrected chi connectivity index (χ0v) is 14.8. The molecule has 0 radical (unpaired) electrons. The Labute approximate surface area is 148 Å². The minimum absolute atomic E-state index is 0.564. The van der Waals surface area contributed by atoms with Crippen LogP contribution in [0.25, 0.3) is 11.3 Å². The number of rotatable bonds is 4. The summed E-state index contributed by atoms with van der Waals surface area (Å²) in [7, 11) is 3.87. The molecule has 1 fully saturated rings. The van der Waals surface area contributed by atoms with Crippen LogP contribution >= 0.6 is 0 Å². The molecular weight excluding hydrogens is 316 g/mol. The first kappa shape index (κ1) is 16.2. The van der Waals surface area contributed by atoms with Crippen LogP contribution in [0.5, 0.6) is 17.4 Å². The predicted octanol–water partition coefficient (Wildman–Crippen LogP) is 3.02. The van der Waals surface area contributed by atoms with Gasteiger partial charge in [0.05, 0.1) is 12.8 Å². The highest BCUT2D eigenvalue weighted by Gasteiger charge is 2.23. The minimum atomic E-state index is 0.564. The van der Waals surface area contributed by atoms with Gasteiger partial charge < -0.3 is 19.1 Å². The van der Waals surface area contributed by atoms with Gasteiger partial charge in [-0.05, 0) is 50.6 Å². The SMILES string of the molecule is COc1nc(-c2cccc3c2OCCO3)ccc1CC1CCN(C)C1. The molecule has 1 saturated heterocycles. The Morgan fingerprint density at radius 1 is 1.20 bits per heavy atom. The molecule has 0 bridgehead atoms. The van der Waals surface area contributed by atoms with E-state index in [4.69, 9.17) is 19.2 Å². The van der Waals surface area contributed by atoms with Gasteiger partial charge in [0.15, 0.2) is 11.5 Å². The normalized spacial score (nSPS) is 19.8. The fraction of sp³-hybridized carbons (Fsp3) is 0.450. The lowest BCUT2D eigenvalue weighted by atomic mass is 9.98. The Kier molecular flexibility index (Phi) is 4.49. The summed E-state index contributed by atoms with van der Waals surface area (Å²) in [6.45, 7) is 3.46. The van der Waals surface area contributed by atoms with Crippen LogP contribution < -0.4 is 14.2 Å². The van der Waals surface area contributed by atoms with Crippen LogP contribution in [0.15, 0.2) is 30.3 Å². The molecule has 1 unspecified atom stereocenters. The van der Waals surface area contributed by atoms with Crippen molar-refractivity contribution in [1.29, 1.82) is 0 Å². The van der Waals surface area contributed by atoms with Crippen LogP contribution in [0, 0.1) is 5.92 Å². The van der Waals surface area contributed by atoms with Crippen molar-refractivity contribution in [3.8, 4) is 28.6 Å². The van der Waals surface area contributed by atoms with Crippen molar-refractivity contribution in [3.63, 3.8) is 0 Å². The lowest BCUT2D eigenvalue weighted by molar-refractivity contribution is 0.172. The minimum Gasteiger partial charge on any atom is -0.486 e. The standard InChI is InChI=1S/C20H24N2O3/c1-22-9-8-14(13-22)12-15-6-7-17(21-20(15)23-2)16-4-3-5-18-19(16)25-11-10-24-18/h3-7,14H,8-13H2,1-2H3. The number of fused-ring (bicyclic) bond motifs is 1. The van der Waals surface area contributed by atoms with Gasteiger partial charge in [0.25, 0.3) is 0 Å². The molecule has 0 spiro atoms. The first-order valence-electron chi connectivity index (χ1n) is 8.86. The smallest absolute Gasteiger partial charge is 0.216 e. The van der Waals surface area contributed by atoms with E-state index in [0.29, 0.717) is 25.0 Å². The van der Waals surface area contributed by atoms with Gasteiger partial charge in [-0.25, -0.2) is 4.98 Å². The van der Waals surface area contributed by atoms with Gasteiger partial charge in [0.1, 0.15) is 13.2 Å². The van der Waals surface area contributed by atoms with Crippen LogP contribution in [0.3, 0.4) is 0 Å². The van der Waals surface area contributed by atoms with E-state index < -0.39 is 0 Å². The quantitative estimate of drug-likeness (QED) is 0.856. The molecule has 2 aromatic rings. The topological polar surface area (TPSA) is 43.8 Å². The summed E-state index contributed by atoms with van der Waals surface area (Å²) in [5, 5.41) is 0. The molecular formula is C20H24N2O3. The monoisotopic (exact) mass is 340 g/mol. The van der Waals surface area contributed by atoms with Gasteiger partial charge in [-0.1, -0.05) is 12.1 Å². The Hall–Kier alpha value is -2.27. The molecule has 2 aliphatic heterocycles. The molecule has 5 nitrogen and oxygen atoms in total. The lowest BCUT2D eigenvalue weighted by Crippen LogP contribution is -2.16. The third-order valence-corrected chi connectivity index (χ3v) is 4.97. The van der Waals surface area contributed by atoms with E-state index >= 15 is 0 Å². The molecule has 132 valence electrons. The average Bonchev–Trinajstić information content (AvgIpc) is 3.06. The number of aromatic nitrogens is 1. The van der Waals surface area contributed by atoms with Crippen molar-refractivity contribution >= 4 is 0 Å². The summed E-state index contributed by atoms with van der Waals surface area (Å²) in [5.41, 5.74) is 2.97. The molecule has 3 heterocycles. The first-order valence-corrected chi connectivity index (χ1v) is 8.86. The second-order valence-electron chi connectivity index (χ2n) is 6.82. The van der Waals surface area contributed by atoms with Crippen molar-refractivity contribution in [2.75, 3.05) is 40.5 Å². The zero-order valence-electron chi connectivity index (χ0n) is 14.8. The molecule has 0 amide bonds. The van der Waals surface area contributed by atoms with Crippen LogP contribution in [0.1, 0.15) is 12.0 Å². The summed E-state index contributed by atoms with van der Waals surface area (Å²) in [6, 6.07) is 10.1. The van der Waals surface area contributed by atoms with Gasteiger partial charge in [-0.15, -0.1) is 0 Å². The van der Waals surface area contributed by atoms with Crippen LogP contribution in [0.4, 0.5) is 0 Å². The third kappa shape index (κ3) is 3.29. The molecule has 1 aromatic carbocycles. The van der Waals surface area contributed by atoms with E-state index in [1.807, 2.05) is 18.2 Å². The maximum Gasteiger partial charge on any atom is 0.216 e. The highest BCUT2D eigenvalue weighted by atomic mass is 16.6. The van der Waals surface area contributed by atoms with Gasteiger partial charge in [0.2, 0.25) is 5.88 Å². The molecule has 0 saturated carbocycles. The maximum atomic E-state index is 5.82. The van der Waals surface area contributed by atoms with Crippen molar-refractivity contribution in [2.24, 2.45) is 5.92 Å². The van der Waals surface area contributed by atoms with Crippen LogP contribution in [0.2, 0.25) is 0 Å². The molecule has 2 aliphatic rings. The number of benzene rings is 1. The molecule has 25 heavy (non-hydrogen) atoms. The Bertz CT molecular complexity index is 763. The summed E-state index contributed by atoms with van der Waals surface area (Å²) < 4.78 is 17.1. The number of likely N-dealkylation sites (tertiary alicyclic amines) is 1. The number of methoxy groups -OCH3 is 1. The molecule has 4 rings (SSSR count). The number of nitrogens with zero attached hydrogens (tertiary/aromatic N) is 2. The van der Waals surface area contributed by atoms with E-state index in [-0.39, 0.29) is 0 Å². The largest absolute Gasteiger partial charge is 0.486 e. The zero-order chi connectivity index (χ0) is 17.2. The van der Waals surface area contributed by atoms with E-state index in [0.717, 1.165) is 35.7 Å². The summed E-state index contributed by atoms with van der Waals surface area (Å²) in [4.78, 5) is 7.14. The van der Waals surface area contributed by atoms with Crippen molar-refractivity contribution < 1.29 is 14.2 Å². The van der Waals surface area contributed by atoms with Gasteiger partial charge >= 0.3 is 0 Å². The van der Waals surface area contributed by atoms with Crippen LogP contribution in [-0.2, 0) is 6.42 Å². The lowest BCUT2D eigenvalue weighted by Gasteiger charge is -2.21. The number of ether oxygens (including phenoxy) is 3. The highest BCUT2D eigenvalue weighted by molar-refractivity contribution is 5.72. The van der Waals surface area contributed by atoms with Gasteiger partial charge in [-0.2, -0.15) is 0 Å². The van der Waals surface area contributed by atoms with Crippen molar-refractivity contribution in [2.45, 2.75) is 12.8 Å². The van der Waals surface area contributed by atoms with E-state index in [1.165, 1.54) is 18.5 Å². The Balaban J connectivity index is 1.64. The van der Waals surface area contributed by atoms with E-state index in [2.05, 4.69) is 24.1 Å². The average molecular weight is 340 g/mol. The molecule has 5 heteroatoms. The Morgan fingerprint density at radius 2 is 2.08 bits per heavy atom. The second-order valence-corrected chi connectivity index (χ2v) is 6.82. The fourth-order valence-corrected chi connectivity index (χ4v) is 3.73. The van der Waals surface area contributed by atoms with Gasteiger partial charge in [-0.3, -0.25) is 0 Å². The third-order valence-electron chi connectivity index (χ3n) is 4.97. The second kappa shape index (κ2) is 6.92. The predicted molar refractivity (Wildman–Crippen MR) is 96.5 cm³/mol. The Morgan fingerprint density at radius 3 is 2.88 bits per heavy atom. The number of para-hydroxylation sites is 1. The van der Waals surface area contributed by atoms with Crippen molar-refractivity contribution in [1.82, 2.24) is 9.88 Å².